The molecule has 0 radical (unpaired) electrons. The minimum atomic E-state index is -1.61. The summed E-state index contributed by atoms with van der Waals surface area (Å²) in [5.41, 5.74) is 3.93. The number of para-hydroxylation sites is 2. The van der Waals surface area contributed by atoms with Gasteiger partial charge in [0.2, 0.25) is 11.8 Å². The number of nitrogens with one attached hydrogen (secondary N) is 1. The summed E-state index contributed by atoms with van der Waals surface area (Å²) in [5, 5.41) is 13.6. The van der Waals surface area contributed by atoms with Crippen LogP contribution in [-0.4, -0.2) is 53.8 Å². The average Bonchev–Trinajstić information content (AvgIpc) is 3.03. The monoisotopic (exact) mass is 469 g/mol. The molecule has 0 spiro atoms. The van der Waals surface area contributed by atoms with Gasteiger partial charge in [-0.2, -0.15) is 0 Å². The van der Waals surface area contributed by atoms with Crippen molar-refractivity contribution in [1.82, 2.24) is 10.2 Å². The summed E-state index contributed by atoms with van der Waals surface area (Å²) in [6.45, 7) is 0.675. The number of methoxy groups -OCH3 is 1. The van der Waals surface area contributed by atoms with Gasteiger partial charge < -0.3 is 20.7 Å². The summed E-state index contributed by atoms with van der Waals surface area (Å²) >= 11 is 0. The molecule has 3 N–H and O–H groups in total. The molecule has 178 valence electrons. The lowest BCUT2D eigenvalue weighted by Crippen LogP contribution is -2.45. The molecule has 0 aliphatic carbocycles. The second-order valence-electron chi connectivity index (χ2n) is 7.69. The maximum absolute atomic E-state index is 13.2. The van der Waals surface area contributed by atoms with Crippen molar-refractivity contribution in [2.24, 2.45) is 5.73 Å². The second kappa shape index (κ2) is 9.57. The Hall–Kier alpha value is -4.48. The van der Waals surface area contributed by atoms with Crippen LogP contribution in [0, 0.1) is 10.1 Å². The lowest BCUT2D eigenvalue weighted by atomic mass is 9.91. The van der Waals surface area contributed by atoms with E-state index in [9.17, 15) is 29.3 Å². The molecule has 1 aliphatic heterocycles. The molecule has 2 aromatic carbocycles. The number of anilines is 1. The van der Waals surface area contributed by atoms with Gasteiger partial charge in [-0.3, -0.25) is 29.4 Å². The molecule has 1 unspecified atom stereocenters. The fourth-order valence-corrected chi connectivity index (χ4v) is 3.64. The van der Waals surface area contributed by atoms with Gasteiger partial charge in [-0.1, -0.05) is 24.3 Å². The first-order chi connectivity index (χ1) is 16.1. The highest BCUT2D eigenvalue weighted by molar-refractivity contribution is 6.10. The number of carbonyl (C=O) groups excluding carboxylic acids is 4. The summed E-state index contributed by atoms with van der Waals surface area (Å²) in [4.78, 5) is 62.9. The molecule has 0 aromatic heterocycles. The van der Waals surface area contributed by atoms with E-state index in [-0.39, 0.29) is 24.2 Å². The number of hydrogen-bond acceptors (Lipinski definition) is 7. The zero-order valence-corrected chi connectivity index (χ0v) is 18.5. The third-order valence-electron chi connectivity index (χ3n) is 5.46. The number of imide groups is 1. The predicted molar refractivity (Wildman–Crippen MR) is 120 cm³/mol. The van der Waals surface area contributed by atoms with E-state index >= 15 is 0 Å². The van der Waals surface area contributed by atoms with Gasteiger partial charge in [0.25, 0.3) is 11.6 Å². The van der Waals surface area contributed by atoms with Crippen LogP contribution in [-0.2, 0) is 19.9 Å². The maximum atomic E-state index is 13.2. The molecule has 3 rings (SSSR count). The normalized spacial score (nSPS) is 17.3. The number of nitro benzene ring substituents is 1. The highest BCUT2D eigenvalue weighted by Gasteiger charge is 2.50. The lowest BCUT2D eigenvalue weighted by molar-refractivity contribution is -0.385. The summed E-state index contributed by atoms with van der Waals surface area (Å²) in [6.07, 6.45) is -0.157. The standard InChI is InChI=1S/C22H23N5O7/c1-22(14-6-5-7-15(12-14)27(32)33)20(30)26(21(31)24-22)13-19(29)25(11-10-18(23)28)16-8-3-4-9-17(16)34-2/h3-9,12H,10-11,13H2,1-2H3,(H2,23,28)(H,24,31). The SMILES string of the molecule is COc1ccccc1N(CCC(N)=O)C(=O)CN1C(=O)NC(C)(c2cccc([N+](=O)[O-])c2)C1=O. The van der Waals surface area contributed by atoms with Gasteiger partial charge in [0, 0.05) is 25.1 Å². The van der Waals surface area contributed by atoms with Gasteiger partial charge >= 0.3 is 6.03 Å². The van der Waals surface area contributed by atoms with E-state index < -0.39 is 40.8 Å². The number of rotatable bonds is 9. The minimum Gasteiger partial charge on any atom is -0.495 e. The van der Waals surface area contributed by atoms with Gasteiger partial charge in [0.15, 0.2) is 0 Å². The van der Waals surface area contributed by atoms with E-state index in [1.54, 1.807) is 24.3 Å². The van der Waals surface area contributed by atoms with Crippen LogP contribution in [0.1, 0.15) is 18.9 Å². The number of urea groups is 1. The third kappa shape index (κ3) is 4.65. The van der Waals surface area contributed by atoms with Crippen LogP contribution in [0.2, 0.25) is 0 Å². The van der Waals surface area contributed by atoms with Crippen molar-refractivity contribution < 1.29 is 28.8 Å². The summed E-state index contributed by atoms with van der Waals surface area (Å²) in [6, 6.07) is 11.1. The Morgan fingerprint density at radius 2 is 1.91 bits per heavy atom. The third-order valence-corrected chi connectivity index (χ3v) is 5.46. The Bertz CT molecular complexity index is 1170. The lowest BCUT2D eigenvalue weighted by Gasteiger charge is -2.26. The van der Waals surface area contributed by atoms with E-state index in [0.29, 0.717) is 11.4 Å². The Kier molecular flexibility index (Phi) is 6.80. The molecule has 0 saturated carbocycles. The van der Waals surface area contributed by atoms with Crippen molar-refractivity contribution in [2.75, 3.05) is 25.1 Å². The first kappa shape index (κ1) is 24.2. The molecule has 1 fully saturated rings. The quantitative estimate of drug-likeness (QED) is 0.317. The number of nitro groups is 1. The molecule has 1 heterocycles. The van der Waals surface area contributed by atoms with Crippen LogP contribution in [0.4, 0.5) is 16.2 Å². The van der Waals surface area contributed by atoms with Crippen molar-refractivity contribution >= 4 is 35.1 Å². The van der Waals surface area contributed by atoms with Gasteiger partial charge in [0.1, 0.15) is 17.8 Å². The van der Waals surface area contributed by atoms with Gasteiger partial charge in [-0.05, 0) is 24.6 Å². The topological polar surface area (TPSA) is 165 Å². The highest BCUT2D eigenvalue weighted by atomic mass is 16.6. The number of primary amides is 1. The van der Waals surface area contributed by atoms with Crippen molar-refractivity contribution in [2.45, 2.75) is 18.9 Å². The average molecular weight is 469 g/mol. The number of carbonyl (C=O) groups is 4. The van der Waals surface area contributed by atoms with Crippen LogP contribution in [0.3, 0.4) is 0 Å². The fourth-order valence-electron chi connectivity index (χ4n) is 3.64. The van der Waals surface area contributed by atoms with E-state index in [2.05, 4.69) is 5.32 Å². The molecule has 1 atom stereocenters. The minimum absolute atomic E-state index is 0.0969. The largest absolute Gasteiger partial charge is 0.495 e. The number of non-ortho nitro benzene ring substituents is 1. The Morgan fingerprint density at radius 1 is 1.21 bits per heavy atom. The smallest absolute Gasteiger partial charge is 0.325 e. The maximum Gasteiger partial charge on any atom is 0.325 e. The predicted octanol–water partition coefficient (Wildman–Crippen LogP) is 1.28. The molecule has 1 aliphatic rings. The number of nitrogens with two attached hydrogens (primary N) is 1. The summed E-state index contributed by atoms with van der Waals surface area (Å²) in [7, 11) is 1.41. The zero-order chi connectivity index (χ0) is 25.0. The number of nitrogens with zero attached hydrogens (tertiary/aromatic N) is 3. The van der Waals surface area contributed by atoms with E-state index in [4.69, 9.17) is 10.5 Å². The zero-order valence-electron chi connectivity index (χ0n) is 18.5. The Morgan fingerprint density at radius 3 is 2.56 bits per heavy atom. The van der Waals surface area contributed by atoms with E-state index in [1.807, 2.05) is 0 Å². The Balaban J connectivity index is 1.89. The highest BCUT2D eigenvalue weighted by Crippen LogP contribution is 2.32. The van der Waals surface area contributed by atoms with Gasteiger partial charge in [0.05, 0.1) is 17.7 Å². The molecular formula is C22H23N5O7. The van der Waals surface area contributed by atoms with E-state index in [1.165, 1.54) is 43.2 Å². The molecule has 1 saturated heterocycles. The molecule has 0 bridgehead atoms. The number of ether oxygens (including phenoxy) is 1. The van der Waals surface area contributed by atoms with Crippen LogP contribution in [0.15, 0.2) is 48.5 Å². The van der Waals surface area contributed by atoms with Crippen molar-refractivity contribution in [3.05, 3.63) is 64.2 Å². The molecule has 5 amide bonds. The summed E-state index contributed by atoms with van der Waals surface area (Å²) < 4.78 is 5.29. The number of hydrogen-bond donors (Lipinski definition) is 2. The van der Waals surface area contributed by atoms with E-state index in [0.717, 1.165) is 4.90 Å². The second-order valence-corrected chi connectivity index (χ2v) is 7.69. The van der Waals surface area contributed by atoms with Crippen molar-refractivity contribution in [3.8, 4) is 5.75 Å². The first-order valence-corrected chi connectivity index (χ1v) is 10.2. The van der Waals surface area contributed by atoms with Crippen LogP contribution < -0.4 is 20.7 Å². The number of amides is 5. The van der Waals surface area contributed by atoms with Gasteiger partial charge in [-0.25, -0.2) is 4.79 Å². The Labute approximate surface area is 194 Å². The van der Waals surface area contributed by atoms with Crippen molar-refractivity contribution in [3.63, 3.8) is 0 Å². The summed E-state index contributed by atoms with van der Waals surface area (Å²) in [5.74, 6) is -1.70. The number of benzene rings is 2. The first-order valence-electron chi connectivity index (χ1n) is 10.2. The van der Waals surface area contributed by atoms with Crippen LogP contribution >= 0.6 is 0 Å². The molecule has 34 heavy (non-hydrogen) atoms. The molecule has 12 heteroatoms. The molecule has 2 aromatic rings. The fraction of sp³-hybridized carbons (Fsp3) is 0.273. The van der Waals surface area contributed by atoms with Gasteiger partial charge in [-0.15, -0.1) is 0 Å². The molecule has 12 nitrogen and oxygen atoms in total. The van der Waals surface area contributed by atoms with Crippen LogP contribution in [0.25, 0.3) is 0 Å². The van der Waals surface area contributed by atoms with Crippen LogP contribution in [0.5, 0.6) is 5.75 Å². The molecular weight excluding hydrogens is 446 g/mol. The van der Waals surface area contributed by atoms with Crippen molar-refractivity contribution in [1.29, 1.82) is 0 Å².